The molecule has 1 saturated heterocycles. The van der Waals surface area contributed by atoms with E-state index in [0.717, 1.165) is 0 Å². The Labute approximate surface area is 120 Å². The molecule has 6 heteroatoms. The largest absolute Gasteiger partial charge is 0.481 e. The third-order valence-electron chi connectivity index (χ3n) is 3.46. The van der Waals surface area contributed by atoms with Gasteiger partial charge < -0.3 is 10.0 Å². The second kappa shape index (κ2) is 5.39. The Morgan fingerprint density at radius 2 is 1.95 bits per heavy atom. The van der Waals surface area contributed by atoms with Crippen molar-refractivity contribution >= 4 is 35.1 Å². The highest BCUT2D eigenvalue weighted by Gasteiger charge is 2.37. The van der Waals surface area contributed by atoms with Crippen LogP contribution in [0.25, 0.3) is 0 Å². The van der Waals surface area contributed by atoms with E-state index in [2.05, 4.69) is 0 Å². The number of carbonyl (C=O) groups is 2. The van der Waals surface area contributed by atoms with Crippen LogP contribution in [0.15, 0.2) is 18.2 Å². The number of carboxylic acids is 1. The monoisotopic (exact) mass is 301 g/mol. The van der Waals surface area contributed by atoms with Gasteiger partial charge in [0.05, 0.1) is 16.0 Å². The van der Waals surface area contributed by atoms with E-state index in [4.69, 9.17) is 28.3 Å². The first-order valence-corrected chi connectivity index (χ1v) is 6.63. The molecular weight excluding hydrogens is 289 g/mol. The van der Waals surface area contributed by atoms with Crippen molar-refractivity contribution in [2.45, 2.75) is 6.92 Å². The van der Waals surface area contributed by atoms with E-state index in [1.807, 2.05) is 0 Å². The molecule has 1 unspecified atom stereocenters. The average molecular weight is 302 g/mol. The molecule has 102 valence electrons. The molecule has 0 bridgehead atoms. The quantitative estimate of drug-likeness (QED) is 0.934. The molecule has 0 radical (unpaired) electrons. The molecule has 0 aliphatic carbocycles. The number of likely N-dealkylation sites (tertiary alicyclic amines) is 1. The average Bonchev–Trinajstić information content (AvgIpc) is 2.30. The van der Waals surface area contributed by atoms with Crippen LogP contribution in [0, 0.1) is 11.8 Å². The molecular formula is C13H13Cl2NO3. The van der Waals surface area contributed by atoms with Crippen molar-refractivity contribution in [3.05, 3.63) is 33.8 Å². The first-order valence-electron chi connectivity index (χ1n) is 5.87. The number of aliphatic carboxylic acids is 1. The van der Waals surface area contributed by atoms with E-state index < -0.39 is 11.9 Å². The van der Waals surface area contributed by atoms with Crippen LogP contribution in [-0.4, -0.2) is 35.0 Å². The standard InChI is InChI=1S/C13H13Cl2NO3/c1-7(13(18)19)9-5-16(6-9)12(17)8-2-3-10(14)11(15)4-8/h2-4,7,9H,5-6H2,1H3,(H,18,19). The van der Waals surface area contributed by atoms with Gasteiger partial charge >= 0.3 is 5.97 Å². The molecule has 1 aromatic rings. The second-order valence-electron chi connectivity index (χ2n) is 4.73. The fourth-order valence-electron chi connectivity index (χ4n) is 2.01. The van der Waals surface area contributed by atoms with Crippen molar-refractivity contribution < 1.29 is 14.7 Å². The Morgan fingerprint density at radius 1 is 1.32 bits per heavy atom. The second-order valence-corrected chi connectivity index (χ2v) is 5.54. The Balaban J connectivity index is 2.00. The summed E-state index contributed by atoms with van der Waals surface area (Å²) in [5, 5.41) is 9.63. The van der Waals surface area contributed by atoms with Crippen molar-refractivity contribution in [2.24, 2.45) is 11.8 Å². The predicted molar refractivity (Wildman–Crippen MR) is 72.7 cm³/mol. The van der Waals surface area contributed by atoms with Crippen molar-refractivity contribution in [1.82, 2.24) is 4.90 Å². The third-order valence-corrected chi connectivity index (χ3v) is 4.20. The first-order chi connectivity index (χ1) is 8.90. The highest BCUT2D eigenvalue weighted by atomic mass is 35.5. The van der Waals surface area contributed by atoms with Crippen molar-refractivity contribution in [2.75, 3.05) is 13.1 Å². The van der Waals surface area contributed by atoms with Crippen LogP contribution in [0.3, 0.4) is 0 Å². The zero-order valence-corrected chi connectivity index (χ0v) is 11.8. The van der Waals surface area contributed by atoms with E-state index in [1.165, 1.54) is 6.07 Å². The number of hydrogen-bond donors (Lipinski definition) is 1. The van der Waals surface area contributed by atoms with Gasteiger partial charge in [0, 0.05) is 24.6 Å². The highest BCUT2D eigenvalue weighted by Crippen LogP contribution is 2.28. The summed E-state index contributed by atoms with van der Waals surface area (Å²) < 4.78 is 0. The maximum Gasteiger partial charge on any atom is 0.306 e. The number of nitrogens with zero attached hydrogens (tertiary/aromatic N) is 1. The zero-order chi connectivity index (χ0) is 14.2. The minimum atomic E-state index is -0.827. The smallest absolute Gasteiger partial charge is 0.306 e. The SMILES string of the molecule is CC(C(=O)O)C1CN(C(=O)c2ccc(Cl)c(Cl)c2)C1. The maximum absolute atomic E-state index is 12.1. The summed E-state index contributed by atoms with van der Waals surface area (Å²) in [6, 6.07) is 4.72. The van der Waals surface area contributed by atoms with Gasteiger partial charge in [0.2, 0.25) is 0 Å². The molecule has 0 aromatic heterocycles. The third kappa shape index (κ3) is 2.85. The summed E-state index contributed by atoms with van der Waals surface area (Å²) in [5.74, 6) is -1.39. The molecule has 1 amide bonds. The van der Waals surface area contributed by atoms with Gasteiger partial charge in [0.25, 0.3) is 5.91 Å². The Bertz CT molecular complexity index is 527. The van der Waals surface area contributed by atoms with Gasteiger partial charge in [0.15, 0.2) is 0 Å². The number of halogens is 2. The molecule has 4 nitrogen and oxygen atoms in total. The van der Waals surface area contributed by atoms with Gasteiger partial charge in [-0.25, -0.2) is 0 Å². The topological polar surface area (TPSA) is 57.6 Å². The van der Waals surface area contributed by atoms with Crippen molar-refractivity contribution in [3.8, 4) is 0 Å². The fraction of sp³-hybridized carbons (Fsp3) is 0.385. The lowest BCUT2D eigenvalue weighted by Gasteiger charge is -2.41. The molecule has 1 aliphatic rings. The number of carboxylic acid groups (broad SMARTS) is 1. The lowest BCUT2D eigenvalue weighted by molar-refractivity contribution is -0.144. The maximum atomic E-state index is 12.1. The molecule has 1 heterocycles. The first kappa shape index (κ1) is 14.2. The van der Waals surface area contributed by atoms with E-state index in [9.17, 15) is 9.59 Å². The minimum absolute atomic E-state index is 0.0178. The summed E-state index contributed by atoms with van der Waals surface area (Å²) in [5.41, 5.74) is 0.468. The van der Waals surface area contributed by atoms with Crippen LogP contribution in [0.2, 0.25) is 10.0 Å². The minimum Gasteiger partial charge on any atom is -0.481 e. The van der Waals surface area contributed by atoms with Crippen LogP contribution < -0.4 is 0 Å². The summed E-state index contributed by atoms with van der Waals surface area (Å²) >= 11 is 11.7. The van der Waals surface area contributed by atoms with E-state index in [-0.39, 0.29) is 11.8 Å². The molecule has 1 N–H and O–H groups in total. The van der Waals surface area contributed by atoms with Crippen molar-refractivity contribution in [3.63, 3.8) is 0 Å². The van der Waals surface area contributed by atoms with E-state index in [1.54, 1.807) is 24.0 Å². The van der Waals surface area contributed by atoms with E-state index in [0.29, 0.717) is 28.7 Å². The zero-order valence-electron chi connectivity index (χ0n) is 10.3. The highest BCUT2D eigenvalue weighted by molar-refractivity contribution is 6.42. The van der Waals surface area contributed by atoms with Crippen LogP contribution in [0.5, 0.6) is 0 Å². The molecule has 1 aromatic carbocycles. The van der Waals surface area contributed by atoms with Gasteiger partial charge in [-0.05, 0) is 18.2 Å². The fourth-order valence-corrected chi connectivity index (χ4v) is 2.31. The molecule has 1 atom stereocenters. The Kier molecular flexibility index (Phi) is 4.02. The summed E-state index contributed by atoms with van der Waals surface area (Å²) in [6.07, 6.45) is 0. The lowest BCUT2D eigenvalue weighted by Crippen LogP contribution is -2.53. The number of carbonyl (C=O) groups excluding carboxylic acids is 1. The van der Waals surface area contributed by atoms with Gasteiger partial charge in [-0.3, -0.25) is 9.59 Å². The number of rotatable bonds is 3. The van der Waals surface area contributed by atoms with Crippen LogP contribution in [-0.2, 0) is 4.79 Å². The number of hydrogen-bond acceptors (Lipinski definition) is 2. The van der Waals surface area contributed by atoms with Gasteiger partial charge in [-0.15, -0.1) is 0 Å². The van der Waals surface area contributed by atoms with Crippen LogP contribution in [0.4, 0.5) is 0 Å². The lowest BCUT2D eigenvalue weighted by atomic mass is 9.86. The normalized spacial score (nSPS) is 16.9. The molecule has 0 saturated carbocycles. The van der Waals surface area contributed by atoms with Crippen LogP contribution >= 0.6 is 23.2 Å². The molecule has 0 spiro atoms. The van der Waals surface area contributed by atoms with Crippen molar-refractivity contribution in [1.29, 1.82) is 0 Å². The summed E-state index contributed by atoms with van der Waals surface area (Å²) in [6.45, 7) is 2.59. The van der Waals surface area contributed by atoms with Gasteiger partial charge in [0.1, 0.15) is 0 Å². The molecule has 1 aliphatic heterocycles. The summed E-state index contributed by atoms with van der Waals surface area (Å²) in [7, 11) is 0. The Morgan fingerprint density at radius 3 is 2.47 bits per heavy atom. The molecule has 19 heavy (non-hydrogen) atoms. The molecule has 2 rings (SSSR count). The Hall–Kier alpha value is -1.26. The van der Waals surface area contributed by atoms with Gasteiger partial charge in [-0.2, -0.15) is 0 Å². The van der Waals surface area contributed by atoms with E-state index >= 15 is 0 Å². The number of benzene rings is 1. The van der Waals surface area contributed by atoms with Gasteiger partial charge in [-0.1, -0.05) is 30.1 Å². The van der Waals surface area contributed by atoms with Crippen LogP contribution in [0.1, 0.15) is 17.3 Å². The predicted octanol–water partition coefficient (Wildman–Crippen LogP) is 2.79. The molecule has 1 fully saturated rings. The number of amides is 1. The summed E-state index contributed by atoms with van der Waals surface area (Å²) in [4.78, 5) is 24.5.